The van der Waals surface area contributed by atoms with Gasteiger partial charge in [0.2, 0.25) is 0 Å². The van der Waals surface area contributed by atoms with E-state index in [1.54, 1.807) is 24.3 Å². The third-order valence-corrected chi connectivity index (χ3v) is 13.0. The Morgan fingerprint density at radius 2 is 0.879 bits per heavy atom. The highest BCUT2D eigenvalue weighted by Crippen LogP contribution is 2.45. The van der Waals surface area contributed by atoms with E-state index in [2.05, 4.69) is 0 Å². The summed E-state index contributed by atoms with van der Waals surface area (Å²) in [5.74, 6) is 0.568. The lowest BCUT2D eigenvalue weighted by atomic mass is 10.1. The molecule has 9 aromatic rings. The lowest BCUT2D eigenvalue weighted by molar-refractivity contribution is 0.478. The largest absolute Gasteiger partial charge is 0.378 e. The number of aryl methyl sites for hydroxylation is 4. The Hall–Kier alpha value is -6.50. The van der Waals surface area contributed by atoms with Crippen LogP contribution in [0.3, 0.4) is 0 Å². The van der Waals surface area contributed by atoms with Gasteiger partial charge in [-0.1, -0.05) is 96.1 Å². The summed E-state index contributed by atoms with van der Waals surface area (Å²) in [7, 11) is -8.86. The predicted molar refractivity (Wildman–Crippen MR) is 228 cm³/mol. The molecule has 0 aliphatic rings. The summed E-state index contributed by atoms with van der Waals surface area (Å²) in [4.78, 5) is 10.0. The molecule has 0 saturated carbocycles. The van der Waals surface area contributed by atoms with Gasteiger partial charge in [-0.15, -0.1) is 0 Å². The number of benzene rings is 7. The summed E-state index contributed by atoms with van der Waals surface area (Å²) in [5, 5.41) is 3.91. The van der Waals surface area contributed by atoms with Gasteiger partial charge in [0.15, 0.2) is 11.5 Å². The molecule has 12 heteroatoms. The van der Waals surface area contributed by atoms with Crippen molar-refractivity contribution < 1.29 is 25.2 Å². The SMILES string of the molecule is CCn1c(-c2cc(OS(=O)(=O)c3ccc(C)cc3)c(-c3nc4ccc5ccccc5c4n3CC)cc2OS(=O)(=O)c2ccc(C)cc2)nc2ccc3ccccc3c21. The van der Waals surface area contributed by atoms with Crippen molar-refractivity contribution in [2.45, 2.75) is 50.6 Å². The van der Waals surface area contributed by atoms with E-state index < -0.39 is 20.2 Å². The second kappa shape index (κ2) is 14.2. The van der Waals surface area contributed by atoms with Crippen LogP contribution in [0.5, 0.6) is 11.5 Å². The molecule has 0 fully saturated rings. The van der Waals surface area contributed by atoms with Crippen LogP contribution >= 0.6 is 0 Å². The minimum Gasteiger partial charge on any atom is -0.378 e. The Bertz CT molecular complexity index is 3080. The van der Waals surface area contributed by atoms with E-state index in [1.807, 2.05) is 110 Å². The molecule has 0 N–H and O–H groups in total. The van der Waals surface area contributed by atoms with Crippen LogP contribution in [0.25, 0.3) is 66.4 Å². The van der Waals surface area contributed by atoms with Crippen LogP contribution in [0, 0.1) is 13.8 Å². The number of hydrogen-bond donors (Lipinski definition) is 0. The summed E-state index contributed by atoms with van der Waals surface area (Å²) in [6.07, 6.45) is 0. The molecule has 0 aliphatic carbocycles. The van der Waals surface area contributed by atoms with Gasteiger partial charge in [-0.05, 0) is 87.0 Å². The molecule has 7 aromatic carbocycles. The summed E-state index contributed by atoms with van der Waals surface area (Å²) in [5.41, 5.74) is 5.19. The third kappa shape index (κ3) is 6.34. The molecule has 2 heterocycles. The smallest absolute Gasteiger partial charge is 0.339 e. The molecule has 290 valence electrons. The molecule has 2 aromatic heterocycles. The topological polar surface area (TPSA) is 122 Å². The quantitative estimate of drug-likeness (QED) is 0.125. The van der Waals surface area contributed by atoms with Crippen molar-refractivity contribution in [3.8, 4) is 34.3 Å². The summed E-state index contributed by atoms with van der Waals surface area (Å²) in [6.45, 7) is 8.57. The Balaban J connectivity index is 1.37. The predicted octanol–water partition coefficient (Wildman–Crippen LogP) is 10.2. The van der Waals surface area contributed by atoms with Gasteiger partial charge in [-0.3, -0.25) is 0 Å². The zero-order valence-electron chi connectivity index (χ0n) is 32.2. The summed E-state index contributed by atoms with van der Waals surface area (Å²) < 4.78 is 73.0. The fourth-order valence-corrected chi connectivity index (χ4v) is 9.49. The highest BCUT2D eigenvalue weighted by Gasteiger charge is 2.30. The second-order valence-electron chi connectivity index (χ2n) is 14.2. The molecule has 0 atom stereocenters. The molecule has 0 bridgehead atoms. The molecular weight excluding hydrogens is 769 g/mol. The van der Waals surface area contributed by atoms with Crippen molar-refractivity contribution in [2.75, 3.05) is 0 Å². The lowest BCUT2D eigenvalue weighted by Crippen LogP contribution is -2.14. The Labute approximate surface area is 336 Å². The van der Waals surface area contributed by atoms with Crippen LogP contribution in [-0.2, 0) is 33.3 Å². The van der Waals surface area contributed by atoms with Crippen molar-refractivity contribution >= 4 is 63.8 Å². The first-order chi connectivity index (χ1) is 28.0. The fraction of sp³-hybridized carbons (Fsp3) is 0.130. The highest BCUT2D eigenvalue weighted by molar-refractivity contribution is 7.87. The monoisotopic (exact) mass is 806 g/mol. The minimum atomic E-state index is -4.43. The molecule has 0 amide bonds. The van der Waals surface area contributed by atoms with Gasteiger partial charge in [0.05, 0.1) is 33.2 Å². The number of imidazole rings is 2. The van der Waals surface area contributed by atoms with Crippen LogP contribution in [0.2, 0.25) is 0 Å². The minimum absolute atomic E-state index is 0.0462. The average molecular weight is 807 g/mol. The molecule has 0 spiro atoms. The van der Waals surface area contributed by atoms with E-state index in [0.29, 0.717) is 35.8 Å². The Morgan fingerprint density at radius 3 is 1.26 bits per heavy atom. The van der Waals surface area contributed by atoms with Crippen LogP contribution in [0.15, 0.2) is 143 Å². The molecule has 58 heavy (non-hydrogen) atoms. The molecule has 9 rings (SSSR count). The standard InChI is InChI=1S/C46H38N4O6S2/c1-5-49-43-35-13-9-7-11-31(35)19-25-39(43)47-45(49)37-27-42(56-58(53,54)34-23-17-30(4)18-24-34)38(28-41(37)55-57(51,52)33-21-15-29(3)16-22-33)46-48-40-26-20-32-12-8-10-14-36(32)44(40)50(46)6-2/h7-28H,5-6H2,1-4H3. The van der Waals surface area contributed by atoms with Crippen molar-refractivity contribution in [1.29, 1.82) is 0 Å². The van der Waals surface area contributed by atoms with Gasteiger partial charge in [-0.2, -0.15) is 16.8 Å². The third-order valence-electron chi connectivity index (χ3n) is 10.5. The molecule has 10 nitrogen and oxygen atoms in total. The van der Waals surface area contributed by atoms with Crippen LogP contribution in [0.4, 0.5) is 0 Å². The Kier molecular flexibility index (Phi) is 9.05. The van der Waals surface area contributed by atoms with Crippen LogP contribution in [0.1, 0.15) is 25.0 Å². The molecular formula is C46H38N4O6S2. The number of fused-ring (bicyclic) bond motifs is 6. The highest BCUT2D eigenvalue weighted by atomic mass is 32.2. The second-order valence-corrected chi connectivity index (χ2v) is 17.3. The van der Waals surface area contributed by atoms with Gasteiger partial charge < -0.3 is 17.5 Å². The van der Waals surface area contributed by atoms with Crippen molar-refractivity contribution in [3.63, 3.8) is 0 Å². The maximum Gasteiger partial charge on any atom is 0.339 e. The number of hydrogen-bond acceptors (Lipinski definition) is 8. The van der Waals surface area contributed by atoms with Gasteiger partial charge >= 0.3 is 20.2 Å². The molecule has 0 saturated heterocycles. The van der Waals surface area contributed by atoms with E-state index in [1.165, 1.54) is 36.4 Å². The molecule has 0 radical (unpaired) electrons. The number of rotatable bonds is 10. The van der Waals surface area contributed by atoms with Crippen molar-refractivity contribution in [3.05, 3.63) is 145 Å². The molecule has 0 unspecified atom stereocenters. The van der Waals surface area contributed by atoms with E-state index in [0.717, 1.165) is 43.7 Å². The van der Waals surface area contributed by atoms with Crippen molar-refractivity contribution in [1.82, 2.24) is 19.1 Å². The summed E-state index contributed by atoms with van der Waals surface area (Å²) in [6, 6.07) is 39.5. The van der Waals surface area contributed by atoms with E-state index in [-0.39, 0.29) is 32.4 Å². The Morgan fingerprint density at radius 1 is 0.500 bits per heavy atom. The average Bonchev–Trinajstić information content (AvgIpc) is 3.80. The number of nitrogens with zero attached hydrogens (tertiary/aromatic N) is 4. The van der Waals surface area contributed by atoms with Crippen LogP contribution < -0.4 is 8.37 Å². The first-order valence-corrected chi connectivity index (χ1v) is 21.7. The van der Waals surface area contributed by atoms with E-state index in [4.69, 9.17) is 18.3 Å². The zero-order valence-corrected chi connectivity index (χ0v) is 33.8. The van der Waals surface area contributed by atoms with E-state index in [9.17, 15) is 16.8 Å². The number of aromatic nitrogens is 4. The van der Waals surface area contributed by atoms with E-state index >= 15 is 0 Å². The first kappa shape index (κ1) is 37.1. The van der Waals surface area contributed by atoms with Gasteiger partial charge in [0, 0.05) is 23.9 Å². The lowest BCUT2D eigenvalue weighted by Gasteiger charge is -2.18. The van der Waals surface area contributed by atoms with Gasteiger partial charge in [0.1, 0.15) is 21.4 Å². The zero-order chi connectivity index (χ0) is 40.3. The van der Waals surface area contributed by atoms with Crippen LogP contribution in [-0.4, -0.2) is 35.9 Å². The first-order valence-electron chi connectivity index (χ1n) is 18.9. The molecule has 0 aliphatic heterocycles. The van der Waals surface area contributed by atoms with Gasteiger partial charge in [0.25, 0.3) is 0 Å². The summed E-state index contributed by atoms with van der Waals surface area (Å²) >= 11 is 0. The maximum absolute atomic E-state index is 14.2. The fourth-order valence-electron chi connectivity index (χ4n) is 7.61. The maximum atomic E-state index is 14.2. The normalized spacial score (nSPS) is 12.2. The van der Waals surface area contributed by atoms with Crippen molar-refractivity contribution in [2.24, 2.45) is 0 Å². The van der Waals surface area contributed by atoms with Gasteiger partial charge in [-0.25, -0.2) is 9.97 Å².